The number of β-lactam (4-membered cyclic amide) rings is 1. The van der Waals surface area contributed by atoms with E-state index in [4.69, 9.17) is 25.7 Å². The SMILES string of the molecule is COC1(C(=O)Cc2cccs2)C(=O)N2C(C(=O)OCc3ccc([N+](=O)[O-])cc3)=C(COC(N)=O)[C@@H](N)S[C@@H]21. The van der Waals surface area contributed by atoms with Gasteiger partial charge in [0.15, 0.2) is 5.78 Å². The number of carbonyl (C=O) groups is 4. The summed E-state index contributed by atoms with van der Waals surface area (Å²) in [6.45, 7) is -0.781. The van der Waals surface area contributed by atoms with Gasteiger partial charge in [0.1, 0.15) is 24.3 Å². The number of non-ortho nitro benzene ring substituents is 1. The lowest BCUT2D eigenvalue weighted by Gasteiger charge is -2.56. The summed E-state index contributed by atoms with van der Waals surface area (Å²) in [6, 6.07) is 8.87. The number of Topliss-reactive ketones (excluding diaryl/α,β-unsaturated/α-hetero) is 1. The van der Waals surface area contributed by atoms with Gasteiger partial charge in [-0.05, 0) is 29.1 Å². The summed E-state index contributed by atoms with van der Waals surface area (Å²) in [5.74, 6) is -2.26. The van der Waals surface area contributed by atoms with Crippen molar-refractivity contribution < 1.29 is 38.3 Å². The summed E-state index contributed by atoms with van der Waals surface area (Å²) in [5, 5.41) is 10.7. The molecule has 1 unspecified atom stereocenters. The number of fused-ring (bicyclic) bond motifs is 1. The van der Waals surface area contributed by atoms with E-state index in [1.54, 1.807) is 17.5 Å². The summed E-state index contributed by atoms with van der Waals surface area (Å²) < 4.78 is 15.7. The predicted octanol–water partition coefficient (Wildman–Crippen LogP) is 1.45. The highest BCUT2D eigenvalue weighted by molar-refractivity contribution is 8.01. The number of benzene rings is 1. The zero-order chi connectivity index (χ0) is 27.6. The molecular formula is C23H22N4O9S2. The van der Waals surface area contributed by atoms with Gasteiger partial charge in [-0.15, -0.1) is 23.1 Å². The minimum Gasteiger partial charge on any atom is -0.456 e. The Bertz CT molecular complexity index is 1310. The standard InChI is InChI=1S/C23H22N4O9S2/c1-34-23(16(28)9-14-3-2-8-37-14)20(30)26-17(15(11-36-22(25)31)18(24)38-21(23)26)19(29)35-10-12-4-6-13(7-5-12)27(32)33/h2-8,18,21H,9-11,24H2,1H3,(H2,25,31)/t18-,21+,23?/m0/s1. The number of nitrogens with zero attached hydrogens (tertiary/aromatic N) is 2. The van der Waals surface area contributed by atoms with E-state index in [9.17, 15) is 29.3 Å². The van der Waals surface area contributed by atoms with E-state index < -0.39 is 51.6 Å². The average molecular weight is 563 g/mol. The molecule has 200 valence electrons. The largest absolute Gasteiger partial charge is 0.456 e. The Morgan fingerprint density at radius 1 is 1.16 bits per heavy atom. The lowest BCUT2D eigenvalue weighted by Crippen LogP contribution is -2.78. The Kier molecular flexibility index (Phi) is 7.82. The number of thioether (sulfide) groups is 1. The van der Waals surface area contributed by atoms with Crippen molar-refractivity contribution in [1.29, 1.82) is 0 Å². The van der Waals surface area contributed by atoms with Crippen molar-refractivity contribution in [3.63, 3.8) is 0 Å². The van der Waals surface area contributed by atoms with Crippen LogP contribution in [0.3, 0.4) is 0 Å². The number of carbonyl (C=O) groups excluding carboxylic acids is 4. The summed E-state index contributed by atoms with van der Waals surface area (Å²) in [7, 11) is 1.23. The van der Waals surface area contributed by atoms with Crippen LogP contribution in [0.1, 0.15) is 10.4 Å². The molecule has 0 radical (unpaired) electrons. The van der Waals surface area contributed by atoms with Crippen LogP contribution in [0.5, 0.6) is 0 Å². The fourth-order valence-corrected chi connectivity index (χ4v) is 6.28. The third-order valence-electron chi connectivity index (χ3n) is 6.01. The second-order valence-corrected chi connectivity index (χ2v) is 10.4. The molecule has 15 heteroatoms. The first-order chi connectivity index (χ1) is 18.1. The van der Waals surface area contributed by atoms with Gasteiger partial charge >= 0.3 is 12.1 Å². The molecule has 3 atom stereocenters. The highest BCUT2D eigenvalue weighted by Gasteiger charge is 2.70. The second kappa shape index (κ2) is 10.9. The molecule has 1 saturated heterocycles. The van der Waals surface area contributed by atoms with Gasteiger partial charge in [0.25, 0.3) is 11.6 Å². The van der Waals surface area contributed by atoms with Crippen LogP contribution >= 0.6 is 23.1 Å². The average Bonchev–Trinajstić information content (AvgIpc) is 3.39. The van der Waals surface area contributed by atoms with Crippen molar-refractivity contribution in [1.82, 2.24) is 4.90 Å². The van der Waals surface area contributed by atoms with Gasteiger partial charge in [0, 0.05) is 36.1 Å². The van der Waals surface area contributed by atoms with E-state index in [1.165, 1.54) is 42.7 Å². The molecule has 4 N–H and O–H groups in total. The lowest BCUT2D eigenvalue weighted by atomic mass is 9.84. The van der Waals surface area contributed by atoms with Gasteiger partial charge in [-0.2, -0.15) is 0 Å². The first kappa shape index (κ1) is 27.3. The molecule has 4 rings (SSSR count). The van der Waals surface area contributed by atoms with E-state index in [2.05, 4.69) is 0 Å². The Morgan fingerprint density at radius 3 is 2.45 bits per heavy atom. The van der Waals surface area contributed by atoms with Crippen molar-refractivity contribution in [2.45, 2.75) is 29.4 Å². The van der Waals surface area contributed by atoms with Gasteiger partial charge in [-0.3, -0.25) is 24.6 Å². The zero-order valence-corrected chi connectivity index (χ0v) is 21.5. The van der Waals surface area contributed by atoms with Gasteiger partial charge in [0.05, 0.1) is 10.3 Å². The molecule has 0 aliphatic carbocycles. The maximum atomic E-state index is 13.5. The van der Waals surface area contributed by atoms with Crippen molar-refractivity contribution in [3.05, 3.63) is 73.6 Å². The molecule has 1 aromatic heterocycles. The third-order valence-corrected chi connectivity index (χ3v) is 8.27. The minimum absolute atomic E-state index is 0.0569. The van der Waals surface area contributed by atoms with Crippen molar-refractivity contribution >= 4 is 52.5 Å². The number of methoxy groups -OCH3 is 1. The van der Waals surface area contributed by atoms with Crippen LogP contribution in [0, 0.1) is 10.1 Å². The van der Waals surface area contributed by atoms with Gasteiger partial charge in [0.2, 0.25) is 5.60 Å². The number of nitrogens with two attached hydrogens (primary N) is 2. The van der Waals surface area contributed by atoms with Crippen LogP contribution in [0.2, 0.25) is 0 Å². The maximum Gasteiger partial charge on any atom is 0.404 e. The normalized spacial score (nSPS) is 22.4. The molecule has 3 heterocycles. The number of nitro benzene ring substituents is 1. The monoisotopic (exact) mass is 562 g/mol. The molecule has 2 aliphatic heterocycles. The van der Waals surface area contributed by atoms with Crippen molar-refractivity contribution in [3.8, 4) is 0 Å². The van der Waals surface area contributed by atoms with E-state index >= 15 is 0 Å². The molecular weight excluding hydrogens is 540 g/mol. The van der Waals surface area contributed by atoms with Crippen LogP contribution < -0.4 is 11.5 Å². The van der Waals surface area contributed by atoms with Crippen LogP contribution in [0.15, 0.2) is 53.0 Å². The minimum atomic E-state index is -1.88. The molecule has 0 bridgehead atoms. The number of rotatable bonds is 10. The Balaban J connectivity index is 1.62. The topological polar surface area (TPSA) is 194 Å². The summed E-state index contributed by atoms with van der Waals surface area (Å²) >= 11 is 2.34. The summed E-state index contributed by atoms with van der Waals surface area (Å²) in [6.07, 6.45) is -1.18. The summed E-state index contributed by atoms with van der Waals surface area (Å²) in [4.78, 5) is 63.4. The number of esters is 1. The molecule has 38 heavy (non-hydrogen) atoms. The zero-order valence-electron chi connectivity index (χ0n) is 19.9. The quantitative estimate of drug-likeness (QED) is 0.140. The second-order valence-electron chi connectivity index (χ2n) is 8.18. The van der Waals surface area contributed by atoms with Gasteiger partial charge in [-0.25, -0.2) is 9.59 Å². The number of ketones is 1. The van der Waals surface area contributed by atoms with Crippen LogP contribution in [-0.4, -0.2) is 63.6 Å². The Labute approximate surface area is 223 Å². The van der Waals surface area contributed by atoms with E-state index in [0.29, 0.717) is 5.56 Å². The maximum absolute atomic E-state index is 13.5. The number of amides is 2. The number of hydrogen-bond donors (Lipinski definition) is 2. The fraction of sp³-hybridized carbons (Fsp3) is 0.304. The third kappa shape index (κ3) is 4.88. The molecule has 13 nitrogen and oxygen atoms in total. The van der Waals surface area contributed by atoms with Crippen molar-refractivity contribution in [2.75, 3.05) is 13.7 Å². The number of thiophene rings is 1. The van der Waals surface area contributed by atoms with E-state index in [0.717, 1.165) is 21.5 Å². The van der Waals surface area contributed by atoms with Crippen molar-refractivity contribution in [2.24, 2.45) is 11.5 Å². The first-order valence-electron chi connectivity index (χ1n) is 11.0. The summed E-state index contributed by atoms with van der Waals surface area (Å²) in [5.41, 5.74) is 9.56. The lowest BCUT2D eigenvalue weighted by molar-refractivity contribution is -0.384. The first-order valence-corrected chi connectivity index (χ1v) is 12.8. The number of ether oxygens (including phenoxy) is 3. The van der Waals surface area contributed by atoms with Crippen LogP contribution in [0.25, 0.3) is 0 Å². The van der Waals surface area contributed by atoms with Gasteiger partial charge < -0.3 is 25.7 Å². The molecule has 1 aromatic carbocycles. The Morgan fingerprint density at radius 2 is 1.87 bits per heavy atom. The highest BCUT2D eigenvalue weighted by atomic mass is 32.2. The Hall–Kier alpha value is -3.79. The van der Waals surface area contributed by atoms with Crippen LogP contribution in [-0.2, 0) is 41.6 Å². The van der Waals surface area contributed by atoms with Crippen LogP contribution in [0.4, 0.5) is 10.5 Å². The number of hydrogen-bond acceptors (Lipinski definition) is 12. The molecule has 2 aliphatic rings. The number of primary amides is 1. The molecule has 2 aromatic rings. The number of nitro groups is 1. The molecule has 0 spiro atoms. The van der Waals surface area contributed by atoms with E-state index in [1.807, 2.05) is 0 Å². The molecule has 1 fully saturated rings. The molecule has 0 saturated carbocycles. The predicted molar refractivity (Wildman–Crippen MR) is 134 cm³/mol. The smallest absolute Gasteiger partial charge is 0.404 e. The highest BCUT2D eigenvalue weighted by Crippen LogP contribution is 2.50. The van der Waals surface area contributed by atoms with E-state index in [-0.39, 0.29) is 30.0 Å². The van der Waals surface area contributed by atoms with Gasteiger partial charge in [-0.1, -0.05) is 6.07 Å². The molecule has 2 amide bonds. The fourth-order valence-electron chi connectivity index (χ4n) is 4.11.